The van der Waals surface area contributed by atoms with E-state index in [0.717, 1.165) is 25.3 Å². The minimum atomic E-state index is -0.0934. The smallest absolute Gasteiger partial charge is 0.127 e. The van der Waals surface area contributed by atoms with Crippen molar-refractivity contribution in [2.24, 2.45) is 0 Å². The molecule has 27 heavy (non-hydrogen) atoms. The van der Waals surface area contributed by atoms with Gasteiger partial charge in [-0.2, -0.15) is 0 Å². The van der Waals surface area contributed by atoms with Gasteiger partial charge in [0.25, 0.3) is 0 Å². The van der Waals surface area contributed by atoms with Crippen LogP contribution in [0.3, 0.4) is 0 Å². The molecule has 0 aliphatic carbocycles. The highest BCUT2D eigenvalue weighted by Gasteiger charge is 2.32. The highest BCUT2D eigenvalue weighted by Crippen LogP contribution is 2.38. The molecule has 0 spiro atoms. The molecule has 0 saturated carbocycles. The lowest BCUT2D eigenvalue weighted by Gasteiger charge is -2.34. The Kier molecular flexibility index (Phi) is 6.15. The van der Waals surface area contributed by atoms with Crippen molar-refractivity contribution < 1.29 is 4.74 Å². The van der Waals surface area contributed by atoms with Gasteiger partial charge in [-0.25, -0.2) is 0 Å². The van der Waals surface area contributed by atoms with Gasteiger partial charge in [0.05, 0.1) is 0 Å². The second-order valence-corrected chi connectivity index (χ2v) is 8.42. The average Bonchev–Trinajstić information content (AvgIpc) is 2.94. The zero-order chi connectivity index (χ0) is 18.1. The molecule has 2 aromatic rings. The Morgan fingerprint density at radius 3 is 2.74 bits per heavy atom. The Morgan fingerprint density at radius 2 is 1.96 bits per heavy atom. The molecule has 0 aromatic heterocycles. The van der Waals surface area contributed by atoms with Crippen LogP contribution in [-0.4, -0.2) is 18.2 Å². The van der Waals surface area contributed by atoms with Gasteiger partial charge in [-0.05, 0) is 51.3 Å². The minimum Gasteiger partial charge on any atom is -0.487 e. The molecule has 0 amide bonds. The fourth-order valence-electron chi connectivity index (χ4n) is 4.45. The molecule has 2 aromatic carbocycles. The van der Waals surface area contributed by atoms with Crippen LogP contribution in [0.5, 0.6) is 5.75 Å². The van der Waals surface area contributed by atoms with E-state index in [-0.39, 0.29) is 18.0 Å². The molecule has 2 N–H and O–H groups in total. The number of hydrogen-bond acceptors (Lipinski definition) is 3. The quantitative estimate of drug-likeness (QED) is 0.798. The largest absolute Gasteiger partial charge is 0.487 e. The standard InChI is InChI=1S/C23H30N2O.ClH/c1-16-12-18-14-23(2,3)26-22(18)19(13-16)15-25-20-10-7-11-24-21(20)17-8-5-4-6-9-17;/h4-6,8-9,12-13,20-21,24-25H,7,10-11,14-15H2,1-3H3;1H/t20-,21-;/m0./s1. The lowest BCUT2D eigenvalue weighted by atomic mass is 9.92. The number of ether oxygens (including phenoxy) is 1. The Balaban J connectivity index is 0.00000210. The van der Waals surface area contributed by atoms with Crippen LogP contribution in [0.1, 0.15) is 55.0 Å². The number of benzene rings is 2. The van der Waals surface area contributed by atoms with Crippen molar-refractivity contribution in [3.63, 3.8) is 0 Å². The van der Waals surface area contributed by atoms with Gasteiger partial charge in [-0.1, -0.05) is 48.0 Å². The van der Waals surface area contributed by atoms with Crippen LogP contribution in [0.2, 0.25) is 0 Å². The minimum absolute atomic E-state index is 0. The molecule has 1 saturated heterocycles. The maximum absolute atomic E-state index is 6.28. The van der Waals surface area contributed by atoms with E-state index in [1.807, 2.05) is 0 Å². The summed E-state index contributed by atoms with van der Waals surface area (Å²) in [5.41, 5.74) is 5.25. The van der Waals surface area contributed by atoms with Crippen molar-refractivity contribution in [3.05, 3.63) is 64.7 Å². The molecule has 2 aliphatic heterocycles. The summed E-state index contributed by atoms with van der Waals surface area (Å²) in [6, 6.07) is 16.2. The molecular formula is C23H31ClN2O. The maximum Gasteiger partial charge on any atom is 0.127 e. The molecule has 2 heterocycles. The Hall–Kier alpha value is -1.55. The number of fused-ring (bicyclic) bond motifs is 1. The van der Waals surface area contributed by atoms with E-state index in [4.69, 9.17) is 4.74 Å². The zero-order valence-electron chi connectivity index (χ0n) is 16.5. The number of halogens is 1. The Labute approximate surface area is 169 Å². The number of hydrogen-bond donors (Lipinski definition) is 2. The van der Waals surface area contributed by atoms with Crippen LogP contribution in [0.25, 0.3) is 0 Å². The van der Waals surface area contributed by atoms with Gasteiger partial charge >= 0.3 is 0 Å². The molecule has 3 nitrogen and oxygen atoms in total. The van der Waals surface area contributed by atoms with Crippen molar-refractivity contribution in [1.29, 1.82) is 0 Å². The maximum atomic E-state index is 6.28. The highest BCUT2D eigenvalue weighted by atomic mass is 35.5. The molecule has 146 valence electrons. The average molecular weight is 387 g/mol. The topological polar surface area (TPSA) is 33.3 Å². The SMILES string of the molecule is Cc1cc(CN[C@H]2CCCN[C@H]2c2ccccc2)c2c(c1)CC(C)(C)O2.Cl. The van der Waals surface area contributed by atoms with E-state index in [2.05, 4.69) is 73.9 Å². The fourth-order valence-corrected chi connectivity index (χ4v) is 4.45. The monoisotopic (exact) mass is 386 g/mol. The molecular weight excluding hydrogens is 356 g/mol. The van der Waals surface area contributed by atoms with Crippen LogP contribution in [0, 0.1) is 6.92 Å². The second kappa shape index (κ2) is 8.22. The van der Waals surface area contributed by atoms with Crippen LogP contribution < -0.4 is 15.4 Å². The molecule has 4 rings (SSSR count). The van der Waals surface area contributed by atoms with Crippen LogP contribution in [0.4, 0.5) is 0 Å². The van der Waals surface area contributed by atoms with Crippen molar-refractivity contribution in [3.8, 4) is 5.75 Å². The normalized spacial score (nSPS) is 23.2. The summed E-state index contributed by atoms with van der Waals surface area (Å²) < 4.78 is 6.28. The first-order chi connectivity index (χ1) is 12.5. The summed E-state index contributed by atoms with van der Waals surface area (Å²) in [7, 11) is 0. The van der Waals surface area contributed by atoms with Gasteiger partial charge in [-0.3, -0.25) is 0 Å². The van der Waals surface area contributed by atoms with Crippen molar-refractivity contribution in [2.45, 2.75) is 64.3 Å². The Bertz CT molecular complexity index is 775. The number of nitrogens with one attached hydrogen (secondary N) is 2. The predicted molar refractivity (Wildman–Crippen MR) is 114 cm³/mol. The van der Waals surface area contributed by atoms with Gasteiger partial charge in [0, 0.05) is 30.6 Å². The van der Waals surface area contributed by atoms with E-state index in [1.165, 1.54) is 35.1 Å². The van der Waals surface area contributed by atoms with Crippen molar-refractivity contribution >= 4 is 12.4 Å². The molecule has 0 radical (unpaired) electrons. The van der Waals surface area contributed by atoms with Gasteiger partial charge in [0.15, 0.2) is 0 Å². The molecule has 4 heteroatoms. The summed E-state index contributed by atoms with van der Waals surface area (Å²) >= 11 is 0. The predicted octanol–water partition coefficient (Wildman–Crippen LogP) is 4.71. The molecule has 0 bridgehead atoms. The lowest BCUT2D eigenvalue weighted by Crippen LogP contribution is -2.45. The summed E-state index contributed by atoms with van der Waals surface area (Å²) in [6.07, 6.45) is 3.41. The summed E-state index contributed by atoms with van der Waals surface area (Å²) in [5.74, 6) is 1.10. The molecule has 2 aliphatic rings. The van der Waals surface area contributed by atoms with Gasteiger partial charge in [0.2, 0.25) is 0 Å². The van der Waals surface area contributed by atoms with E-state index < -0.39 is 0 Å². The molecule has 0 unspecified atom stereocenters. The van der Waals surface area contributed by atoms with Gasteiger partial charge < -0.3 is 15.4 Å². The summed E-state index contributed by atoms with van der Waals surface area (Å²) in [4.78, 5) is 0. The third kappa shape index (κ3) is 4.48. The number of piperidine rings is 1. The van der Waals surface area contributed by atoms with Crippen LogP contribution in [0.15, 0.2) is 42.5 Å². The highest BCUT2D eigenvalue weighted by molar-refractivity contribution is 5.85. The first-order valence-electron chi connectivity index (χ1n) is 9.85. The second-order valence-electron chi connectivity index (χ2n) is 8.42. The first-order valence-corrected chi connectivity index (χ1v) is 9.85. The molecule has 1 fully saturated rings. The van der Waals surface area contributed by atoms with E-state index in [9.17, 15) is 0 Å². The fraction of sp³-hybridized carbons (Fsp3) is 0.478. The third-order valence-electron chi connectivity index (χ3n) is 5.55. The summed E-state index contributed by atoms with van der Waals surface area (Å²) in [5, 5.41) is 7.53. The van der Waals surface area contributed by atoms with E-state index >= 15 is 0 Å². The van der Waals surface area contributed by atoms with Crippen LogP contribution >= 0.6 is 12.4 Å². The zero-order valence-corrected chi connectivity index (χ0v) is 17.4. The summed E-state index contributed by atoms with van der Waals surface area (Å²) in [6.45, 7) is 8.49. The van der Waals surface area contributed by atoms with E-state index in [0.29, 0.717) is 12.1 Å². The van der Waals surface area contributed by atoms with E-state index in [1.54, 1.807) is 0 Å². The Morgan fingerprint density at radius 1 is 1.19 bits per heavy atom. The van der Waals surface area contributed by atoms with Gasteiger partial charge in [0.1, 0.15) is 11.4 Å². The number of rotatable bonds is 4. The van der Waals surface area contributed by atoms with Crippen LogP contribution in [-0.2, 0) is 13.0 Å². The van der Waals surface area contributed by atoms with Crippen molar-refractivity contribution in [1.82, 2.24) is 10.6 Å². The third-order valence-corrected chi connectivity index (χ3v) is 5.55. The molecule has 2 atom stereocenters. The van der Waals surface area contributed by atoms with Gasteiger partial charge in [-0.15, -0.1) is 12.4 Å². The lowest BCUT2D eigenvalue weighted by molar-refractivity contribution is 0.137. The number of aryl methyl sites for hydroxylation is 1. The van der Waals surface area contributed by atoms with Crippen molar-refractivity contribution in [2.75, 3.05) is 6.54 Å². The first kappa shape index (κ1) is 20.2.